The van der Waals surface area contributed by atoms with Crippen LogP contribution in [0.3, 0.4) is 0 Å². The molecule has 162 valence electrons. The number of carboxylic acid groups (broad SMARTS) is 1. The molecule has 0 bridgehead atoms. The standard InChI is InChI=1S/C22H20F3N3O3/c23-22(24,25)16-6-3-13(4-7-16)10-14-2-1-9-28-19(14)18(12-26-28)20(29)27-17-8-5-15(11-17)21(30)31/h1-4,6-7,9,12,15,17H,5,8,10-11H2,(H,27,29)(H,30,31)/t15?,17-/m0/s1. The Morgan fingerprint density at radius 3 is 2.55 bits per heavy atom. The maximum atomic E-state index is 12.9. The van der Waals surface area contributed by atoms with Crippen molar-refractivity contribution in [2.45, 2.75) is 37.9 Å². The van der Waals surface area contributed by atoms with Crippen LogP contribution in [0.4, 0.5) is 13.2 Å². The Kier molecular flexibility index (Phi) is 5.43. The largest absolute Gasteiger partial charge is 0.481 e. The molecule has 1 saturated carbocycles. The van der Waals surface area contributed by atoms with Crippen LogP contribution in [0, 0.1) is 5.92 Å². The summed E-state index contributed by atoms with van der Waals surface area (Å²) in [4.78, 5) is 24.0. The zero-order chi connectivity index (χ0) is 22.2. The van der Waals surface area contributed by atoms with Gasteiger partial charge in [-0.3, -0.25) is 9.59 Å². The highest BCUT2D eigenvalue weighted by molar-refractivity contribution is 6.01. The average molecular weight is 431 g/mol. The van der Waals surface area contributed by atoms with E-state index >= 15 is 0 Å². The molecule has 3 aromatic rings. The van der Waals surface area contributed by atoms with E-state index in [0.717, 1.165) is 17.7 Å². The number of hydrogen-bond acceptors (Lipinski definition) is 3. The Balaban J connectivity index is 1.56. The van der Waals surface area contributed by atoms with Crippen LogP contribution in [-0.4, -0.2) is 32.6 Å². The minimum Gasteiger partial charge on any atom is -0.481 e. The number of amides is 1. The summed E-state index contributed by atoms with van der Waals surface area (Å²) in [5.74, 6) is -1.65. The number of carbonyl (C=O) groups is 2. The third kappa shape index (κ3) is 4.40. The molecule has 9 heteroatoms. The molecular formula is C22H20F3N3O3. The van der Waals surface area contributed by atoms with E-state index in [9.17, 15) is 22.8 Å². The van der Waals surface area contributed by atoms with Crippen molar-refractivity contribution in [3.05, 3.63) is 71.0 Å². The lowest BCUT2D eigenvalue weighted by molar-refractivity contribution is -0.141. The van der Waals surface area contributed by atoms with Crippen molar-refractivity contribution in [2.24, 2.45) is 5.92 Å². The number of aliphatic carboxylic acids is 1. The lowest BCUT2D eigenvalue weighted by Crippen LogP contribution is -2.33. The summed E-state index contributed by atoms with van der Waals surface area (Å²) in [5.41, 5.74) is 1.64. The Morgan fingerprint density at radius 1 is 1.16 bits per heavy atom. The van der Waals surface area contributed by atoms with Crippen LogP contribution in [0.25, 0.3) is 5.52 Å². The van der Waals surface area contributed by atoms with Gasteiger partial charge < -0.3 is 10.4 Å². The van der Waals surface area contributed by atoms with Crippen molar-refractivity contribution in [3.63, 3.8) is 0 Å². The molecule has 0 aliphatic heterocycles. The lowest BCUT2D eigenvalue weighted by Gasteiger charge is -2.13. The molecule has 1 aromatic carbocycles. The summed E-state index contributed by atoms with van der Waals surface area (Å²) >= 11 is 0. The summed E-state index contributed by atoms with van der Waals surface area (Å²) in [7, 11) is 0. The van der Waals surface area contributed by atoms with Gasteiger partial charge in [0.2, 0.25) is 0 Å². The number of halogens is 3. The summed E-state index contributed by atoms with van der Waals surface area (Å²) in [5, 5.41) is 16.3. The molecule has 31 heavy (non-hydrogen) atoms. The van der Waals surface area contributed by atoms with Gasteiger partial charge in [-0.05, 0) is 55.0 Å². The van der Waals surface area contributed by atoms with Crippen molar-refractivity contribution in [1.82, 2.24) is 14.9 Å². The molecule has 0 radical (unpaired) electrons. The third-order valence-corrected chi connectivity index (χ3v) is 5.66. The van der Waals surface area contributed by atoms with E-state index in [1.54, 1.807) is 16.8 Å². The Bertz CT molecular complexity index is 1120. The van der Waals surface area contributed by atoms with Crippen LogP contribution in [-0.2, 0) is 17.4 Å². The summed E-state index contributed by atoms with van der Waals surface area (Å²) in [6.45, 7) is 0. The van der Waals surface area contributed by atoms with E-state index in [-0.39, 0.29) is 11.9 Å². The number of nitrogens with zero attached hydrogens (tertiary/aromatic N) is 2. The van der Waals surface area contributed by atoms with E-state index in [4.69, 9.17) is 5.11 Å². The first-order valence-corrected chi connectivity index (χ1v) is 9.87. The van der Waals surface area contributed by atoms with E-state index in [1.165, 1.54) is 18.3 Å². The molecule has 2 atom stereocenters. The second kappa shape index (κ2) is 8.05. The normalized spacial score (nSPS) is 18.9. The van der Waals surface area contributed by atoms with Crippen LogP contribution in [0.15, 0.2) is 48.8 Å². The van der Waals surface area contributed by atoms with Crippen molar-refractivity contribution < 1.29 is 27.9 Å². The van der Waals surface area contributed by atoms with E-state index in [1.807, 2.05) is 6.07 Å². The van der Waals surface area contributed by atoms with Crippen LogP contribution in [0.1, 0.15) is 46.3 Å². The first kappa shape index (κ1) is 20.9. The molecular weight excluding hydrogens is 411 g/mol. The molecule has 2 heterocycles. The number of hydrogen-bond donors (Lipinski definition) is 2. The van der Waals surface area contributed by atoms with Crippen molar-refractivity contribution >= 4 is 17.4 Å². The Labute approximate surface area is 175 Å². The first-order chi connectivity index (χ1) is 14.7. The quantitative estimate of drug-likeness (QED) is 0.641. The van der Waals surface area contributed by atoms with Crippen molar-refractivity contribution in [2.75, 3.05) is 0 Å². The fourth-order valence-electron chi connectivity index (χ4n) is 4.06. The molecule has 0 saturated heterocycles. The number of aromatic nitrogens is 2. The first-order valence-electron chi connectivity index (χ1n) is 9.87. The number of benzene rings is 1. The molecule has 1 amide bonds. The smallest absolute Gasteiger partial charge is 0.416 e. The SMILES string of the molecule is O=C(N[C@H]1CCC(C(=O)O)C1)c1cnn2cccc(Cc3ccc(C(F)(F)F)cc3)c12. The Hall–Kier alpha value is -3.36. The number of fused-ring (bicyclic) bond motifs is 1. The minimum atomic E-state index is -4.39. The van der Waals surface area contributed by atoms with Gasteiger partial charge >= 0.3 is 12.1 Å². The summed E-state index contributed by atoms with van der Waals surface area (Å²) in [6, 6.07) is 8.28. The molecule has 4 rings (SSSR count). The maximum absolute atomic E-state index is 12.9. The molecule has 1 unspecified atom stereocenters. The predicted octanol–water partition coefficient (Wildman–Crippen LogP) is 3.93. The topological polar surface area (TPSA) is 83.7 Å². The van der Waals surface area contributed by atoms with E-state index in [0.29, 0.717) is 42.3 Å². The number of pyridine rings is 1. The minimum absolute atomic E-state index is 0.217. The fourth-order valence-corrected chi connectivity index (χ4v) is 4.06. The summed E-state index contributed by atoms with van der Waals surface area (Å²) in [6.07, 6.45) is 0.588. The van der Waals surface area contributed by atoms with Gasteiger partial charge in [0.15, 0.2) is 0 Å². The van der Waals surface area contributed by atoms with Gasteiger partial charge in [0.1, 0.15) is 0 Å². The molecule has 2 N–H and O–H groups in total. The van der Waals surface area contributed by atoms with Crippen LogP contribution < -0.4 is 5.32 Å². The van der Waals surface area contributed by atoms with Crippen molar-refractivity contribution in [3.8, 4) is 0 Å². The van der Waals surface area contributed by atoms with Gasteiger partial charge in [-0.15, -0.1) is 0 Å². The number of carboxylic acids is 1. The van der Waals surface area contributed by atoms with Gasteiger partial charge in [-0.2, -0.15) is 18.3 Å². The zero-order valence-corrected chi connectivity index (χ0v) is 16.4. The highest BCUT2D eigenvalue weighted by Crippen LogP contribution is 2.30. The number of carbonyl (C=O) groups excluding carboxylic acids is 1. The monoisotopic (exact) mass is 431 g/mol. The fraction of sp³-hybridized carbons (Fsp3) is 0.318. The number of nitrogens with one attached hydrogen (secondary N) is 1. The highest BCUT2D eigenvalue weighted by Gasteiger charge is 2.32. The molecule has 1 aliphatic rings. The highest BCUT2D eigenvalue weighted by atomic mass is 19.4. The van der Waals surface area contributed by atoms with Gasteiger partial charge in [-0.25, -0.2) is 4.52 Å². The van der Waals surface area contributed by atoms with E-state index in [2.05, 4.69) is 10.4 Å². The number of alkyl halides is 3. The maximum Gasteiger partial charge on any atom is 0.416 e. The average Bonchev–Trinajstić information content (AvgIpc) is 3.35. The number of rotatable bonds is 5. The molecule has 6 nitrogen and oxygen atoms in total. The summed E-state index contributed by atoms with van der Waals surface area (Å²) < 4.78 is 40.0. The van der Waals surface area contributed by atoms with Crippen molar-refractivity contribution in [1.29, 1.82) is 0 Å². The predicted molar refractivity (Wildman–Crippen MR) is 106 cm³/mol. The van der Waals surface area contributed by atoms with Crippen LogP contribution in [0.5, 0.6) is 0 Å². The van der Waals surface area contributed by atoms with Gasteiger partial charge in [0, 0.05) is 12.2 Å². The molecule has 2 aromatic heterocycles. The second-order valence-electron chi connectivity index (χ2n) is 7.77. The van der Waals surface area contributed by atoms with Gasteiger partial charge in [0.05, 0.1) is 28.8 Å². The zero-order valence-electron chi connectivity index (χ0n) is 16.4. The Morgan fingerprint density at radius 2 is 1.90 bits per heavy atom. The second-order valence-corrected chi connectivity index (χ2v) is 7.77. The molecule has 1 aliphatic carbocycles. The molecule has 1 fully saturated rings. The third-order valence-electron chi connectivity index (χ3n) is 5.66. The van der Waals surface area contributed by atoms with Crippen LogP contribution in [0.2, 0.25) is 0 Å². The van der Waals surface area contributed by atoms with E-state index < -0.39 is 23.6 Å². The van der Waals surface area contributed by atoms with Gasteiger partial charge in [0.25, 0.3) is 5.91 Å². The molecule has 0 spiro atoms. The van der Waals surface area contributed by atoms with Crippen LogP contribution >= 0.6 is 0 Å². The lowest BCUT2D eigenvalue weighted by atomic mass is 10.0. The van der Waals surface area contributed by atoms with Gasteiger partial charge in [-0.1, -0.05) is 18.2 Å².